The Morgan fingerprint density at radius 2 is 1.83 bits per heavy atom. The van der Waals surface area contributed by atoms with Gasteiger partial charge in [0.15, 0.2) is 5.96 Å². The predicted octanol–water partition coefficient (Wildman–Crippen LogP) is 2.50. The molecule has 0 spiro atoms. The largest absolute Gasteiger partial charge is 0.444 e. The lowest BCUT2D eigenvalue weighted by Gasteiger charge is -2.40. The molecule has 0 atom stereocenters. The van der Waals surface area contributed by atoms with Crippen LogP contribution in [0.1, 0.15) is 56.5 Å². The van der Waals surface area contributed by atoms with E-state index in [4.69, 9.17) is 4.74 Å². The second-order valence-electron chi connectivity index (χ2n) is 8.46. The molecule has 0 unspecified atom stereocenters. The number of nitrogens with one attached hydrogen (secondary N) is 3. The standard InChI is InChI=1S/C22H35N5O3/c1-6-7-12-24-19(28)17-10-8-16(9-11-17)13-25-20(23-5)26-18-14-27(15-18)21(29)30-22(2,3)4/h8-11,18H,6-7,12-15H2,1-5H3,(H,24,28)(H2,23,25,26). The van der Waals surface area contributed by atoms with Crippen molar-refractivity contribution in [2.45, 2.75) is 58.7 Å². The molecule has 30 heavy (non-hydrogen) atoms. The predicted molar refractivity (Wildman–Crippen MR) is 119 cm³/mol. The first-order chi connectivity index (χ1) is 14.2. The van der Waals surface area contributed by atoms with Crippen LogP contribution < -0.4 is 16.0 Å². The number of carbonyl (C=O) groups is 2. The van der Waals surface area contributed by atoms with Crippen LogP contribution in [-0.4, -0.2) is 61.2 Å². The maximum absolute atomic E-state index is 12.1. The number of amides is 2. The first-order valence-electron chi connectivity index (χ1n) is 10.5. The first kappa shape index (κ1) is 23.5. The van der Waals surface area contributed by atoms with E-state index in [1.54, 1.807) is 11.9 Å². The molecule has 8 nitrogen and oxygen atoms in total. The molecule has 0 saturated carbocycles. The number of benzene rings is 1. The maximum Gasteiger partial charge on any atom is 0.410 e. The second-order valence-corrected chi connectivity index (χ2v) is 8.46. The van der Waals surface area contributed by atoms with E-state index in [2.05, 4.69) is 27.9 Å². The molecule has 0 aromatic heterocycles. The molecule has 2 rings (SSSR count). The summed E-state index contributed by atoms with van der Waals surface area (Å²) in [5, 5.41) is 9.48. The number of hydrogen-bond acceptors (Lipinski definition) is 4. The zero-order chi connectivity index (χ0) is 22.1. The average molecular weight is 418 g/mol. The smallest absolute Gasteiger partial charge is 0.410 e. The van der Waals surface area contributed by atoms with Crippen molar-refractivity contribution in [1.82, 2.24) is 20.9 Å². The number of rotatable bonds is 7. The normalized spacial score (nSPS) is 14.7. The fourth-order valence-electron chi connectivity index (χ4n) is 2.87. The third kappa shape index (κ3) is 7.57. The minimum Gasteiger partial charge on any atom is -0.444 e. The highest BCUT2D eigenvalue weighted by Gasteiger charge is 2.34. The Hall–Kier alpha value is -2.77. The molecule has 1 aromatic carbocycles. The van der Waals surface area contributed by atoms with E-state index >= 15 is 0 Å². The fourth-order valence-corrected chi connectivity index (χ4v) is 2.87. The summed E-state index contributed by atoms with van der Waals surface area (Å²) in [6.07, 6.45) is 1.75. The van der Waals surface area contributed by atoms with Crippen molar-refractivity contribution in [3.63, 3.8) is 0 Å². The van der Waals surface area contributed by atoms with Gasteiger partial charge in [-0.05, 0) is 44.9 Å². The minimum absolute atomic E-state index is 0.0417. The summed E-state index contributed by atoms with van der Waals surface area (Å²) in [6, 6.07) is 7.67. The number of guanidine groups is 1. The van der Waals surface area contributed by atoms with E-state index in [0.717, 1.165) is 18.4 Å². The lowest BCUT2D eigenvalue weighted by atomic mass is 10.1. The van der Waals surface area contributed by atoms with E-state index in [1.165, 1.54) is 0 Å². The third-order valence-electron chi connectivity index (χ3n) is 4.59. The maximum atomic E-state index is 12.1. The van der Waals surface area contributed by atoms with Crippen molar-refractivity contribution in [2.75, 3.05) is 26.7 Å². The van der Waals surface area contributed by atoms with Gasteiger partial charge in [-0.3, -0.25) is 9.79 Å². The number of unbranched alkanes of at least 4 members (excludes halogenated alkanes) is 1. The van der Waals surface area contributed by atoms with Gasteiger partial charge in [0.2, 0.25) is 0 Å². The van der Waals surface area contributed by atoms with Crippen LogP contribution in [0.5, 0.6) is 0 Å². The lowest BCUT2D eigenvalue weighted by molar-refractivity contribution is 0.00700. The molecule has 0 aliphatic carbocycles. The molecule has 1 fully saturated rings. The molecular weight excluding hydrogens is 382 g/mol. The number of ether oxygens (including phenoxy) is 1. The van der Waals surface area contributed by atoms with Crippen LogP contribution in [0.15, 0.2) is 29.3 Å². The lowest BCUT2D eigenvalue weighted by Crippen LogP contribution is -2.63. The number of hydrogen-bond donors (Lipinski definition) is 3. The summed E-state index contributed by atoms with van der Waals surface area (Å²) in [7, 11) is 1.71. The summed E-state index contributed by atoms with van der Waals surface area (Å²) in [5.74, 6) is 0.630. The van der Waals surface area contributed by atoms with Crippen LogP contribution in [0.4, 0.5) is 4.79 Å². The van der Waals surface area contributed by atoms with Gasteiger partial charge in [-0.1, -0.05) is 25.5 Å². The van der Waals surface area contributed by atoms with Gasteiger partial charge in [-0.2, -0.15) is 0 Å². The topological polar surface area (TPSA) is 95.1 Å². The Balaban J connectivity index is 1.73. The molecule has 0 radical (unpaired) electrons. The molecule has 1 heterocycles. The molecule has 1 aliphatic rings. The van der Waals surface area contributed by atoms with E-state index in [1.807, 2.05) is 45.0 Å². The SMILES string of the molecule is CCCCNC(=O)c1ccc(CNC(=NC)NC2CN(C(=O)OC(C)(C)C)C2)cc1. The van der Waals surface area contributed by atoms with Gasteiger partial charge in [-0.25, -0.2) is 4.79 Å². The number of nitrogens with zero attached hydrogens (tertiary/aromatic N) is 2. The molecular formula is C22H35N5O3. The van der Waals surface area contributed by atoms with Gasteiger partial charge in [0.1, 0.15) is 5.60 Å². The molecule has 2 amide bonds. The summed E-state index contributed by atoms with van der Waals surface area (Å²) in [5.41, 5.74) is 1.22. The van der Waals surface area contributed by atoms with Crippen LogP contribution in [0, 0.1) is 0 Å². The Bertz CT molecular complexity index is 734. The third-order valence-corrected chi connectivity index (χ3v) is 4.59. The zero-order valence-electron chi connectivity index (χ0n) is 18.7. The molecule has 8 heteroatoms. The fraction of sp³-hybridized carbons (Fsp3) is 0.591. The Labute approximate surface area is 179 Å². The number of likely N-dealkylation sites (tertiary alicyclic amines) is 1. The molecule has 1 aliphatic heterocycles. The first-order valence-corrected chi connectivity index (χ1v) is 10.5. The molecule has 166 valence electrons. The van der Waals surface area contributed by atoms with Crippen LogP contribution in [0.2, 0.25) is 0 Å². The average Bonchev–Trinajstić information content (AvgIpc) is 2.65. The minimum atomic E-state index is -0.487. The highest BCUT2D eigenvalue weighted by Crippen LogP contribution is 2.15. The van der Waals surface area contributed by atoms with Gasteiger partial charge in [0.05, 0.1) is 6.04 Å². The van der Waals surface area contributed by atoms with Gasteiger partial charge in [0, 0.05) is 38.8 Å². The zero-order valence-corrected chi connectivity index (χ0v) is 18.7. The summed E-state index contributed by atoms with van der Waals surface area (Å²) in [4.78, 5) is 30.0. The van der Waals surface area contributed by atoms with Crippen molar-refractivity contribution in [1.29, 1.82) is 0 Å². The van der Waals surface area contributed by atoms with Gasteiger partial charge < -0.3 is 25.6 Å². The van der Waals surface area contributed by atoms with Crippen LogP contribution in [0.25, 0.3) is 0 Å². The Morgan fingerprint density at radius 3 is 2.40 bits per heavy atom. The van der Waals surface area contributed by atoms with Gasteiger partial charge in [0.25, 0.3) is 5.91 Å². The van der Waals surface area contributed by atoms with E-state index < -0.39 is 5.60 Å². The number of carbonyl (C=O) groups excluding carboxylic acids is 2. The van der Waals surface area contributed by atoms with Crippen LogP contribution in [0.3, 0.4) is 0 Å². The summed E-state index contributed by atoms with van der Waals surface area (Å²) in [6.45, 7) is 10.1. The van der Waals surface area contributed by atoms with Crippen molar-refractivity contribution >= 4 is 18.0 Å². The van der Waals surface area contributed by atoms with E-state index in [0.29, 0.717) is 37.7 Å². The monoisotopic (exact) mass is 417 g/mol. The Morgan fingerprint density at radius 1 is 1.17 bits per heavy atom. The molecule has 1 aromatic rings. The molecule has 0 bridgehead atoms. The van der Waals surface area contributed by atoms with E-state index in [-0.39, 0.29) is 18.0 Å². The Kier molecular flexibility index (Phi) is 8.50. The van der Waals surface area contributed by atoms with Crippen molar-refractivity contribution in [3.8, 4) is 0 Å². The highest BCUT2D eigenvalue weighted by atomic mass is 16.6. The second kappa shape index (κ2) is 10.8. The summed E-state index contributed by atoms with van der Waals surface area (Å²) < 4.78 is 5.37. The molecule has 1 saturated heterocycles. The van der Waals surface area contributed by atoms with Crippen LogP contribution >= 0.6 is 0 Å². The van der Waals surface area contributed by atoms with Crippen molar-refractivity contribution in [2.24, 2.45) is 4.99 Å². The van der Waals surface area contributed by atoms with Crippen molar-refractivity contribution in [3.05, 3.63) is 35.4 Å². The van der Waals surface area contributed by atoms with Crippen molar-refractivity contribution < 1.29 is 14.3 Å². The highest BCUT2D eigenvalue weighted by molar-refractivity contribution is 5.94. The van der Waals surface area contributed by atoms with Gasteiger partial charge in [-0.15, -0.1) is 0 Å². The number of aliphatic imine (C=N–C) groups is 1. The quantitative estimate of drug-likeness (QED) is 0.360. The van der Waals surface area contributed by atoms with E-state index in [9.17, 15) is 9.59 Å². The summed E-state index contributed by atoms with van der Waals surface area (Å²) >= 11 is 0. The van der Waals surface area contributed by atoms with Crippen LogP contribution in [-0.2, 0) is 11.3 Å². The molecule has 3 N–H and O–H groups in total. The van der Waals surface area contributed by atoms with Gasteiger partial charge >= 0.3 is 6.09 Å².